The van der Waals surface area contributed by atoms with Crippen molar-refractivity contribution < 1.29 is 18.8 Å². The van der Waals surface area contributed by atoms with E-state index in [0.717, 1.165) is 4.47 Å². The number of nitrogens with zero attached hydrogens (tertiary/aromatic N) is 4. The smallest absolute Gasteiger partial charge is 0.274 e. The number of nitrogens with one attached hydrogen (secondary N) is 1. The quantitative estimate of drug-likeness (QED) is 0.421. The summed E-state index contributed by atoms with van der Waals surface area (Å²) in [4.78, 5) is 21.2. The molecule has 1 amide bonds. The second kappa shape index (κ2) is 8.20. The number of carbonyl (C=O) groups is 1. The van der Waals surface area contributed by atoms with E-state index in [9.17, 15) is 14.3 Å². The first-order valence-electron chi connectivity index (χ1n) is 9.48. The summed E-state index contributed by atoms with van der Waals surface area (Å²) >= 11 is 3.36. The molecule has 4 rings (SSSR count). The lowest BCUT2D eigenvalue weighted by Gasteiger charge is -2.14. The maximum Gasteiger partial charge on any atom is 0.274 e. The van der Waals surface area contributed by atoms with E-state index < -0.39 is 17.3 Å². The Balaban J connectivity index is 1.56. The number of anilines is 1. The van der Waals surface area contributed by atoms with Gasteiger partial charge < -0.3 is 14.9 Å². The average molecular weight is 488 g/mol. The molecule has 3 aromatic heterocycles. The van der Waals surface area contributed by atoms with Gasteiger partial charge in [0.25, 0.3) is 5.91 Å². The second-order valence-electron chi connectivity index (χ2n) is 7.69. The van der Waals surface area contributed by atoms with E-state index in [1.165, 1.54) is 24.4 Å². The molecule has 2 N–H and O–H groups in total. The van der Waals surface area contributed by atoms with Gasteiger partial charge in [-0.05, 0) is 66.5 Å². The van der Waals surface area contributed by atoms with Crippen molar-refractivity contribution in [3.8, 4) is 11.4 Å². The molecule has 10 heteroatoms. The fourth-order valence-corrected chi connectivity index (χ4v) is 3.29. The number of rotatable bonds is 6. The van der Waals surface area contributed by atoms with Gasteiger partial charge >= 0.3 is 0 Å². The number of amides is 1. The minimum Gasteiger partial charge on any atom is -0.390 e. The molecule has 0 spiro atoms. The standard InChI is InChI=1S/C21H19BrFN5O3/c1-21(2,30)8-7-18-26-19(27-31-18)12-3-5-14(23)15(9-12)25-20(29)16-10-24-17-6-4-13(22)11-28(16)17/h3-6,9-11,30H,7-8H2,1-2H3,(H,25,29). The molecule has 3 heterocycles. The van der Waals surface area contributed by atoms with Crippen molar-refractivity contribution in [1.29, 1.82) is 0 Å². The van der Waals surface area contributed by atoms with Gasteiger partial charge in [-0.25, -0.2) is 9.37 Å². The zero-order valence-corrected chi connectivity index (χ0v) is 18.4. The molecule has 0 bridgehead atoms. The highest BCUT2D eigenvalue weighted by molar-refractivity contribution is 9.10. The summed E-state index contributed by atoms with van der Waals surface area (Å²) in [5, 5.41) is 16.3. The topological polar surface area (TPSA) is 106 Å². The van der Waals surface area contributed by atoms with E-state index >= 15 is 0 Å². The number of carbonyl (C=O) groups excluding carboxylic acids is 1. The Kier molecular flexibility index (Phi) is 5.59. The number of benzene rings is 1. The van der Waals surface area contributed by atoms with Gasteiger partial charge in [0.15, 0.2) is 0 Å². The zero-order valence-electron chi connectivity index (χ0n) is 16.8. The third kappa shape index (κ3) is 4.80. The molecule has 160 valence electrons. The van der Waals surface area contributed by atoms with Crippen molar-refractivity contribution in [3.63, 3.8) is 0 Å². The summed E-state index contributed by atoms with van der Waals surface area (Å²) in [6.45, 7) is 3.39. The highest BCUT2D eigenvalue weighted by Crippen LogP contribution is 2.24. The predicted octanol–water partition coefficient (Wildman–Crippen LogP) is 4.24. The summed E-state index contributed by atoms with van der Waals surface area (Å²) in [6, 6.07) is 7.74. The van der Waals surface area contributed by atoms with Gasteiger partial charge in [-0.1, -0.05) is 5.16 Å². The number of hydrogen-bond acceptors (Lipinski definition) is 6. The summed E-state index contributed by atoms with van der Waals surface area (Å²) in [6.07, 6.45) is 3.99. The molecule has 0 aliphatic rings. The van der Waals surface area contributed by atoms with Crippen LogP contribution < -0.4 is 5.32 Å². The van der Waals surface area contributed by atoms with Crippen LogP contribution in [0.2, 0.25) is 0 Å². The number of fused-ring (bicyclic) bond motifs is 1. The Bertz CT molecular complexity index is 1260. The molecular formula is C21H19BrFN5O3. The van der Waals surface area contributed by atoms with Crippen LogP contribution >= 0.6 is 15.9 Å². The molecule has 0 radical (unpaired) electrons. The van der Waals surface area contributed by atoms with Crippen LogP contribution in [-0.2, 0) is 6.42 Å². The van der Waals surface area contributed by atoms with E-state index in [-0.39, 0.29) is 17.2 Å². The normalized spacial score (nSPS) is 11.8. The van der Waals surface area contributed by atoms with E-state index in [2.05, 4.69) is 36.4 Å². The summed E-state index contributed by atoms with van der Waals surface area (Å²) in [5.41, 5.74) is 0.462. The SMILES string of the molecule is CC(C)(O)CCc1nc(-c2ccc(F)c(NC(=O)c3cnc4ccc(Br)cn34)c2)no1. The highest BCUT2D eigenvalue weighted by Gasteiger charge is 2.18. The van der Waals surface area contributed by atoms with Crippen LogP contribution in [0.4, 0.5) is 10.1 Å². The van der Waals surface area contributed by atoms with Crippen molar-refractivity contribution >= 4 is 33.2 Å². The van der Waals surface area contributed by atoms with Crippen molar-refractivity contribution in [2.75, 3.05) is 5.32 Å². The van der Waals surface area contributed by atoms with Gasteiger partial charge in [0.2, 0.25) is 11.7 Å². The van der Waals surface area contributed by atoms with Crippen LogP contribution in [0.5, 0.6) is 0 Å². The number of aliphatic hydroxyl groups is 1. The third-order valence-corrected chi connectivity index (χ3v) is 5.06. The first kappa shape index (κ1) is 21.1. The first-order valence-corrected chi connectivity index (χ1v) is 10.3. The zero-order chi connectivity index (χ0) is 22.2. The van der Waals surface area contributed by atoms with Gasteiger partial charge in [0.1, 0.15) is 17.2 Å². The lowest BCUT2D eigenvalue weighted by Crippen LogP contribution is -2.19. The molecule has 0 fully saturated rings. The third-order valence-electron chi connectivity index (χ3n) is 4.59. The van der Waals surface area contributed by atoms with Crippen LogP contribution in [0.15, 0.2) is 51.7 Å². The maximum atomic E-state index is 14.4. The van der Waals surface area contributed by atoms with E-state index in [1.807, 2.05) is 6.07 Å². The molecule has 8 nitrogen and oxygen atoms in total. The number of aromatic nitrogens is 4. The number of halogens is 2. The number of aryl methyl sites for hydroxylation is 1. The Hall–Kier alpha value is -3.11. The van der Waals surface area contributed by atoms with Crippen LogP contribution in [0.3, 0.4) is 0 Å². The van der Waals surface area contributed by atoms with Gasteiger partial charge in [0, 0.05) is 22.7 Å². The Morgan fingerprint density at radius 2 is 2.13 bits per heavy atom. The van der Waals surface area contributed by atoms with Gasteiger partial charge in [-0.15, -0.1) is 0 Å². The fraction of sp³-hybridized carbons (Fsp3) is 0.238. The lowest BCUT2D eigenvalue weighted by molar-refractivity contribution is 0.0689. The fourth-order valence-electron chi connectivity index (χ4n) is 2.96. The van der Waals surface area contributed by atoms with Gasteiger partial charge in [-0.3, -0.25) is 9.20 Å². The van der Waals surface area contributed by atoms with Crippen molar-refractivity contribution in [2.45, 2.75) is 32.3 Å². The molecular weight excluding hydrogens is 469 g/mol. The summed E-state index contributed by atoms with van der Waals surface area (Å²) in [5.74, 6) is -0.484. The number of imidazole rings is 1. The minimum absolute atomic E-state index is 0.0183. The second-order valence-corrected chi connectivity index (χ2v) is 8.61. The lowest BCUT2D eigenvalue weighted by atomic mass is 10.0. The molecule has 0 aliphatic carbocycles. The molecule has 0 aliphatic heterocycles. The predicted molar refractivity (Wildman–Crippen MR) is 115 cm³/mol. The summed E-state index contributed by atoms with van der Waals surface area (Å²) in [7, 11) is 0. The monoisotopic (exact) mass is 487 g/mol. The molecule has 0 saturated carbocycles. The van der Waals surface area contributed by atoms with E-state index in [4.69, 9.17) is 4.52 Å². The van der Waals surface area contributed by atoms with Crippen LogP contribution in [0.25, 0.3) is 17.0 Å². The van der Waals surface area contributed by atoms with Crippen LogP contribution in [0, 0.1) is 5.82 Å². The van der Waals surface area contributed by atoms with E-state index in [0.29, 0.717) is 29.9 Å². The minimum atomic E-state index is -0.852. The molecule has 4 aromatic rings. The number of pyridine rings is 1. The number of hydrogen-bond donors (Lipinski definition) is 2. The first-order chi connectivity index (χ1) is 14.7. The highest BCUT2D eigenvalue weighted by atomic mass is 79.9. The molecule has 0 atom stereocenters. The Labute approximate surface area is 185 Å². The Morgan fingerprint density at radius 3 is 2.90 bits per heavy atom. The van der Waals surface area contributed by atoms with Gasteiger partial charge in [-0.2, -0.15) is 4.98 Å². The largest absolute Gasteiger partial charge is 0.390 e. The van der Waals surface area contributed by atoms with Crippen molar-refractivity contribution in [2.24, 2.45) is 0 Å². The average Bonchev–Trinajstić information content (AvgIpc) is 3.34. The van der Waals surface area contributed by atoms with E-state index in [1.54, 1.807) is 30.5 Å². The summed E-state index contributed by atoms with van der Waals surface area (Å²) < 4.78 is 22.0. The molecule has 0 unspecified atom stereocenters. The van der Waals surface area contributed by atoms with Gasteiger partial charge in [0.05, 0.1) is 17.5 Å². The molecule has 0 saturated heterocycles. The van der Waals surface area contributed by atoms with Crippen molar-refractivity contribution in [1.82, 2.24) is 19.5 Å². The molecule has 31 heavy (non-hydrogen) atoms. The maximum absolute atomic E-state index is 14.4. The van der Waals surface area contributed by atoms with Crippen molar-refractivity contribution in [3.05, 3.63) is 64.6 Å². The molecule has 1 aromatic carbocycles. The Morgan fingerprint density at radius 1 is 1.32 bits per heavy atom. The van der Waals surface area contributed by atoms with Crippen LogP contribution in [0.1, 0.15) is 36.6 Å². The van der Waals surface area contributed by atoms with Crippen LogP contribution in [-0.4, -0.2) is 36.1 Å².